The lowest BCUT2D eigenvalue weighted by Crippen LogP contribution is -2.60. The Labute approximate surface area is 128 Å². The Kier molecular flexibility index (Phi) is 3.83. The SMILES string of the molecule is COC(=O)[C@@H]1CCC(=O)N2C1C(=O)OC[C@H]2c1ccccc1. The number of piperidine rings is 1. The van der Waals surface area contributed by atoms with Crippen LogP contribution < -0.4 is 0 Å². The molecule has 0 N–H and O–H groups in total. The van der Waals surface area contributed by atoms with Crippen molar-refractivity contribution in [3.8, 4) is 0 Å². The van der Waals surface area contributed by atoms with Gasteiger partial charge in [0.15, 0.2) is 0 Å². The zero-order valence-corrected chi connectivity index (χ0v) is 12.2. The summed E-state index contributed by atoms with van der Waals surface area (Å²) in [6.07, 6.45) is 0.538. The summed E-state index contributed by atoms with van der Waals surface area (Å²) in [7, 11) is 1.28. The van der Waals surface area contributed by atoms with Crippen molar-refractivity contribution < 1.29 is 23.9 Å². The molecule has 2 aliphatic rings. The monoisotopic (exact) mass is 303 g/mol. The highest BCUT2D eigenvalue weighted by Crippen LogP contribution is 2.37. The molecule has 2 heterocycles. The van der Waals surface area contributed by atoms with Gasteiger partial charge in [-0.15, -0.1) is 0 Å². The molecule has 1 unspecified atom stereocenters. The van der Waals surface area contributed by atoms with E-state index in [0.29, 0.717) is 6.42 Å². The smallest absolute Gasteiger partial charge is 0.329 e. The van der Waals surface area contributed by atoms with Crippen molar-refractivity contribution in [2.75, 3.05) is 13.7 Å². The number of nitrogens with zero attached hydrogens (tertiary/aromatic N) is 1. The van der Waals surface area contributed by atoms with Gasteiger partial charge in [-0.2, -0.15) is 0 Å². The Hall–Kier alpha value is -2.37. The molecule has 2 aliphatic heterocycles. The standard InChI is InChI=1S/C16H17NO5/c1-21-15(19)11-7-8-13(18)17-12(9-22-16(20)14(11)17)10-5-3-2-4-6-10/h2-6,11-12,14H,7-9H2,1H3/t11-,12+,14?/m1/s1. The third-order valence-corrected chi connectivity index (χ3v) is 4.29. The van der Waals surface area contributed by atoms with Crippen molar-refractivity contribution in [1.82, 2.24) is 4.90 Å². The number of amides is 1. The number of hydrogen-bond donors (Lipinski definition) is 0. The molecule has 0 bridgehead atoms. The number of cyclic esters (lactones) is 1. The molecule has 0 radical (unpaired) electrons. The van der Waals surface area contributed by atoms with Crippen LogP contribution in [-0.2, 0) is 23.9 Å². The van der Waals surface area contributed by atoms with Crippen LogP contribution in [0.25, 0.3) is 0 Å². The molecule has 22 heavy (non-hydrogen) atoms. The summed E-state index contributed by atoms with van der Waals surface area (Å²) >= 11 is 0. The van der Waals surface area contributed by atoms with Crippen LogP contribution in [0.15, 0.2) is 30.3 Å². The Balaban J connectivity index is 1.98. The fraction of sp³-hybridized carbons (Fsp3) is 0.438. The number of morpholine rings is 1. The molecule has 1 aromatic carbocycles. The van der Waals surface area contributed by atoms with Gasteiger partial charge in [0.25, 0.3) is 0 Å². The van der Waals surface area contributed by atoms with Gasteiger partial charge in [-0.05, 0) is 12.0 Å². The summed E-state index contributed by atoms with van der Waals surface area (Å²) in [5.41, 5.74) is 0.888. The molecular weight excluding hydrogens is 286 g/mol. The molecular formula is C16H17NO5. The Morgan fingerprint density at radius 3 is 2.68 bits per heavy atom. The number of benzene rings is 1. The summed E-state index contributed by atoms with van der Waals surface area (Å²) in [6, 6.07) is 8.13. The molecule has 1 amide bonds. The maximum absolute atomic E-state index is 12.4. The van der Waals surface area contributed by atoms with E-state index < -0.39 is 23.9 Å². The molecule has 3 rings (SSSR count). The van der Waals surface area contributed by atoms with Crippen LogP contribution in [0.5, 0.6) is 0 Å². The van der Waals surface area contributed by atoms with Crippen LogP contribution in [0, 0.1) is 5.92 Å². The molecule has 116 valence electrons. The minimum Gasteiger partial charge on any atom is -0.469 e. The summed E-state index contributed by atoms with van der Waals surface area (Å²) in [5.74, 6) is -1.80. The van der Waals surface area contributed by atoms with E-state index >= 15 is 0 Å². The molecule has 0 saturated carbocycles. The van der Waals surface area contributed by atoms with Gasteiger partial charge in [-0.3, -0.25) is 9.59 Å². The first-order valence-electron chi connectivity index (χ1n) is 7.24. The maximum atomic E-state index is 12.4. The van der Waals surface area contributed by atoms with Gasteiger partial charge in [-0.25, -0.2) is 4.79 Å². The van der Waals surface area contributed by atoms with Crippen LogP contribution in [-0.4, -0.2) is 42.5 Å². The second kappa shape index (κ2) is 5.79. The number of hydrogen-bond acceptors (Lipinski definition) is 5. The number of esters is 2. The van der Waals surface area contributed by atoms with Gasteiger partial charge >= 0.3 is 11.9 Å². The highest BCUT2D eigenvalue weighted by Gasteiger charge is 2.51. The van der Waals surface area contributed by atoms with Gasteiger partial charge in [0, 0.05) is 6.42 Å². The van der Waals surface area contributed by atoms with E-state index in [1.807, 2.05) is 30.3 Å². The van der Waals surface area contributed by atoms with Crippen molar-refractivity contribution >= 4 is 17.8 Å². The molecule has 6 heteroatoms. The van der Waals surface area contributed by atoms with Crippen LogP contribution in [0.2, 0.25) is 0 Å². The predicted molar refractivity (Wildman–Crippen MR) is 75.5 cm³/mol. The summed E-state index contributed by atoms with van der Waals surface area (Å²) < 4.78 is 10.0. The Morgan fingerprint density at radius 1 is 1.27 bits per heavy atom. The lowest BCUT2D eigenvalue weighted by Gasteiger charge is -2.45. The van der Waals surface area contributed by atoms with Gasteiger partial charge < -0.3 is 14.4 Å². The van der Waals surface area contributed by atoms with Crippen LogP contribution in [0.1, 0.15) is 24.4 Å². The topological polar surface area (TPSA) is 72.9 Å². The van der Waals surface area contributed by atoms with Gasteiger partial charge in [0.05, 0.1) is 19.1 Å². The van der Waals surface area contributed by atoms with Crippen molar-refractivity contribution in [3.63, 3.8) is 0 Å². The third-order valence-electron chi connectivity index (χ3n) is 4.29. The zero-order valence-electron chi connectivity index (χ0n) is 12.2. The van der Waals surface area contributed by atoms with Gasteiger partial charge in [-0.1, -0.05) is 30.3 Å². The fourth-order valence-electron chi connectivity index (χ4n) is 3.22. The van der Waals surface area contributed by atoms with Gasteiger partial charge in [0.1, 0.15) is 12.6 Å². The van der Waals surface area contributed by atoms with E-state index in [2.05, 4.69) is 0 Å². The largest absolute Gasteiger partial charge is 0.469 e. The van der Waals surface area contributed by atoms with Crippen molar-refractivity contribution in [2.24, 2.45) is 5.92 Å². The number of carbonyl (C=O) groups excluding carboxylic acids is 3. The molecule has 1 aromatic rings. The summed E-state index contributed by atoms with van der Waals surface area (Å²) in [6.45, 7) is 0.110. The maximum Gasteiger partial charge on any atom is 0.329 e. The molecule has 2 saturated heterocycles. The molecule has 0 aromatic heterocycles. The van der Waals surface area contributed by atoms with E-state index in [9.17, 15) is 14.4 Å². The average molecular weight is 303 g/mol. The summed E-state index contributed by atoms with van der Waals surface area (Å²) in [4.78, 5) is 38.0. The first kappa shape index (κ1) is 14.6. The number of rotatable bonds is 2. The normalized spacial score (nSPS) is 27.9. The van der Waals surface area contributed by atoms with Crippen LogP contribution in [0.4, 0.5) is 0 Å². The van der Waals surface area contributed by atoms with E-state index in [-0.39, 0.29) is 25.0 Å². The quantitative estimate of drug-likeness (QED) is 0.764. The highest BCUT2D eigenvalue weighted by atomic mass is 16.5. The van der Waals surface area contributed by atoms with Crippen molar-refractivity contribution in [1.29, 1.82) is 0 Å². The molecule has 0 aliphatic carbocycles. The number of methoxy groups -OCH3 is 1. The predicted octanol–water partition coefficient (Wildman–Crippen LogP) is 1.06. The van der Waals surface area contributed by atoms with E-state index in [0.717, 1.165) is 5.56 Å². The first-order valence-corrected chi connectivity index (χ1v) is 7.24. The van der Waals surface area contributed by atoms with Crippen LogP contribution >= 0.6 is 0 Å². The highest BCUT2D eigenvalue weighted by molar-refractivity contribution is 5.92. The minimum absolute atomic E-state index is 0.110. The minimum atomic E-state index is -0.896. The molecule has 6 nitrogen and oxygen atoms in total. The average Bonchev–Trinajstić information content (AvgIpc) is 2.56. The first-order chi connectivity index (χ1) is 10.6. The second-order valence-corrected chi connectivity index (χ2v) is 5.47. The van der Waals surface area contributed by atoms with E-state index in [1.165, 1.54) is 12.0 Å². The fourth-order valence-corrected chi connectivity index (χ4v) is 3.22. The van der Waals surface area contributed by atoms with E-state index in [4.69, 9.17) is 9.47 Å². The lowest BCUT2D eigenvalue weighted by molar-refractivity contribution is -0.182. The number of carbonyl (C=O) groups is 3. The number of ether oxygens (including phenoxy) is 2. The third kappa shape index (κ3) is 2.34. The van der Waals surface area contributed by atoms with Crippen molar-refractivity contribution in [3.05, 3.63) is 35.9 Å². The number of fused-ring (bicyclic) bond motifs is 1. The Bertz CT molecular complexity index is 600. The second-order valence-electron chi connectivity index (χ2n) is 5.47. The Morgan fingerprint density at radius 2 is 2.00 bits per heavy atom. The van der Waals surface area contributed by atoms with Crippen molar-refractivity contribution in [2.45, 2.75) is 24.9 Å². The van der Waals surface area contributed by atoms with E-state index in [1.54, 1.807) is 0 Å². The zero-order chi connectivity index (χ0) is 15.7. The molecule has 0 spiro atoms. The lowest BCUT2D eigenvalue weighted by atomic mass is 9.85. The molecule has 3 atom stereocenters. The molecule has 2 fully saturated rings. The summed E-state index contributed by atoms with van der Waals surface area (Å²) in [5, 5.41) is 0. The van der Waals surface area contributed by atoms with Gasteiger partial charge in [0.2, 0.25) is 5.91 Å². The van der Waals surface area contributed by atoms with Crippen LogP contribution in [0.3, 0.4) is 0 Å².